The van der Waals surface area contributed by atoms with Crippen LogP contribution in [-0.4, -0.2) is 19.1 Å². The van der Waals surface area contributed by atoms with Crippen LogP contribution in [0.1, 0.15) is 23.5 Å². The predicted molar refractivity (Wildman–Crippen MR) is 86.4 cm³/mol. The minimum absolute atomic E-state index is 0.164. The molecular formula is C19H20FNO2. The monoisotopic (exact) mass is 313 g/mol. The summed E-state index contributed by atoms with van der Waals surface area (Å²) in [5, 5.41) is 3.28. The number of ether oxygens (including phenoxy) is 1. The molecular weight excluding hydrogens is 293 g/mol. The van der Waals surface area contributed by atoms with Crippen molar-refractivity contribution in [2.24, 2.45) is 5.92 Å². The van der Waals surface area contributed by atoms with Crippen LogP contribution >= 0.6 is 0 Å². The Balaban J connectivity index is 1.57. The van der Waals surface area contributed by atoms with E-state index >= 15 is 0 Å². The van der Waals surface area contributed by atoms with Gasteiger partial charge >= 0.3 is 5.97 Å². The Labute approximate surface area is 135 Å². The maximum Gasteiger partial charge on any atom is 0.310 e. The number of benzene rings is 2. The number of carbonyl (C=O) groups is 1. The molecule has 23 heavy (non-hydrogen) atoms. The zero-order valence-electron chi connectivity index (χ0n) is 12.9. The lowest BCUT2D eigenvalue weighted by atomic mass is 9.85. The Bertz CT molecular complexity index is 642. The van der Waals surface area contributed by atoms with Crippen molar-refractivity contribution in [1.29, 1.82) is 0 Å². The van der Waals surface area contributed by atoms with Crippen molar-refractivity contribution in [2.45, 2.75) is 18.9 Å². The SMILES string of the molecule is O=C(OCc1ccccc1)C1CNCC(c2ccc(F)cc2)C1. The van der Waals surface area contributed by atoms with Crippen LogP contribution in [-0.2, 0) is 16.1 Å². The summed E-state index contributed by atoms with van der Waals surface area (Å²) in [5.74, 6) is -0.370. The smallest absolute Gasteiger partial charge is 0.310 e. The van der Waals surface area contributed by atoms with Crippen LogP contribution in [0.5, 0.6) is 0 Å². The highest BCUT2D eigenvalue weighted by atomic mass is 19.1. The van der Waals surface area contributed by atoms with E-state index < -0.39 is 0 Å². The zero-order valence-corrected chi connectivity index (χ0v) is 12.9. The van der Waals surface area contributed by atoms with Gasteiger partial charge in [0.25, 0.3) is 0 Å². The Morgan fingerprint density at radius 2 is 1.83 bits per heavy atom. The van der Waals surface area contributed by atoms with E-state index in [1.807, 2.05) is 30.3 Å². The van der Waals surface area contributed by atoms with E-state index in [1.165, 1.54) is 12.1 Å². The van der Waals surface area contributed by atoms with Gasteiger partial charge in [-0.25, -0.2) is 4.39 Å². The largest absolute Gasteiger partial charge is 0.461 e. The van der Waals surface area contributed by atoms with E-state index in [1.54, 1.807) is 12.1 Å². The molecule has 0 amide bonds. The minimum atomic E-state index is -0.240. The summed E-state index contributed by atoms with van der Waals surface area (Å²) in [4.78, 5) is 12.3. The molecule has 0 spiro atoms. The molecule has 1 fully saturated rings. The summed E-state index contributed by atoms with van der Waals surface area (Å²) in [6.45, 7) is 1.73. The van der Waals surface area contributed by atoms with Gasteiger partial charge in [-0.3, -0.25) is 4.79 Å². The lowest BCUT2D eigenvalue weighted by Crippen LogP contribution is -2.39. The second kappa shape index (κ2) is 7.38. The van der Waals surface area contributed by atoms with Gasteiger partial charge in [0.15, 0.2) is 0 Å². The lowest BCUT2D eigenvalue weighted by molar-refractivity contribution is -0.150. The van der Waals surface area contributed by atoms with E-state index in [0.717, 1.165) is 24.1 Å². The molecule has 2 unspecified atom stereocenters. The summed E-state index contributed by atoms with van der Waals surface area (Å²) in [5.41, 5.74) is 2.04. The van der Waals surface area contributed by atoms with Crippen LogP contribution in [0.15, 0.2) is 54.6 Å². The van der Waals surface area contributed by atoms with Gasteiger partial charge in [-0.2, -0.15) is 0 Å². The standard InChI is InChI=1S/C19H20FNO2/c20-18-8-6-15(7-9-18)16-10-17(12-21-11-16)19(22)23-13-14-4-2-1-3-5-14/h1-9,16-17,21H,10-13H2. The van der Waals surface area contributed by atoms with Gasteiger partial charge in [-0.05, 0) is 35.6 Å². The third-order valence-corrected chi connectivity index (χ3v) is 4.25. The first-order chi connectivity index (χ1) is 11.2. The Morgan fingerprint density at radius 1 is 1.09 bits per heavy atom. The number of hydrogen-bond donors (Lipinski definition) is 1. The molecule has 1 aliphatic heterocycles. The molecule has 2 aromatic rings. The second-order valence-corrected chi connectivity index (χ2v) is 5.93. The van der Waals surface area contributed by atoms with Gasteiger partial charge < -0.3 is 10.1 Å². The third-order valence-electron chi connectivity index (χ3n) is 4.25. The quantitative estimate of drug-likeness (QED) is 0.881. The Morgan fingerprint density at radius 3 is 2.57 bits per heavy atom. The molecule has 4 heteroatoms. The van der Waals surface area contributed by atoms with E-state index in [-0.39, 0.29) is 23.6 Å². The summed E-state index contributed by atoms with van der Waals surface area (Å²) in [6.07, 6.45) is 0.728. The van der Waals surface area contributed by atoms with E-state index in [9.17, 15) is 9.18 Å². The molecule has 1 heterocycles. The average Bonchev–Trinajstić information content (AvgIpc) is 2.61. The first-order valence-corrected chi connectivity index (χ1v) is 7.89. The number of carbonyl (C=O) groups excluding carboxylic acids is 1. The molecule has 0 radical (unpaired) electrons. The van der Waals surface area contributed by atoms with Gasteiger partial charge in [0.1, 0.15) is 12.4 Å². The molecule has 0 saturated carbocycles. The van der Waals surface area contributed by atoms with Crippen molar-refractivity contribution in [1.82, 2.24) is 5.32 Å². The number of esters is 1. The Hall–Kier alpha value is -2.20. The van der Waals surface area contributed by atoms with Crippen molar-refractivity contribution >= 4 is 5.97 Å². The fraction of sp³-hybridized carbons (Fsp3) is 0.316. The van der Waals surface area contributed by atoms with Crippen molar-refractivity contribution in [3.8, 4) is 0 Å². The molecule has 0 aromatic heterocycles. The van der Waals surface area contributed by atoms with Crippen molar-refractivity contribution in [3.63, 3.8) is 0 Å². The van der Waals surface area contributed by atoms with Gasteiger partial charge in [0.05, 0.1) is 5.92 Å². The summed E-state index contributed by atoms with van der Waals surface area (Å²) < 4.78 is 18.5. The fourth-order valence-corrected chi connectivity index (χ4v) is 2.96. The van der Waals surface area contributed by atoms with E-state index in [2.05, 4.69) is 5.32 Å². The van der Waals surface area contributed by atoms with E-state index in [0.29, 0.717) is 13.2 Å². The van der Waals surface area contributed by atoms with E-state index in [4.69, 9.17) is 4.74 Å². The molecule has 3 rings (SSSR count). The topological polar surface area (TPSA) is 38.3 Å². The average molecular weight is 313 g/mol. The van der Waals surface area contributed by atoms with Crippen LogP contribution < -0.4 is 5.32 Å². The highest BCUT2D eigenvalue weighted by Gasteiger charge is 2.29. The highest BCUT2D eigenvalue weighted by Crippen LogP contribution is 2.27. The van der Waals surface area contributed by atoms with Crippen LogP contribution in [0.2, 0.25) is 0 Å². The van der Waals surface area contributed by atoms with Crippen LogP contribution in [0.4, 0.5) is 4.39 Å². The summed E-state index contributed by atoms with van der Waals surface area (Å²) in [7, 11) is 0. The van der Waals surface area contributed by atoms with Crippen LogP contribution in [0.3, 0.4) is 0 Å². The molecule has 3 nitrogen and oxygen atoms in total. The van der Waals surface area contributed by atoms with Crippen LogP contribution in [0, 0.1) is 11.7 Å². The zero-order chi connectivity index (χ0) is 16.1. The normalized spacial score (nSPS) is 20.9. The summed E-state index contributed by atoms with van der Waals surface area (Å²) in [6, 6.07) is 16.2. The number of rotatable bonds is 4. The molecule has 1 saturated heterocycles. The summed E-state index contributed by atoms with van der Waals surface area (Å²) >= 11 is 0. The third kappa shape index (κ3) is 4.17. The second-order valence-electron chi connectivity index (χ2n) is 5.93. The number of piperidine rings is 1. The molecule has 0 bridgehead atoms. The number of halogens is 1. The first kappa shape index (κ1) is 15.7. The van der Waals surface area contributed by atoms with Crippen LogP contribution in [0.25, 0.3) is 0 Å². The van der Waals surface area contributed by atoms with Crippen molar-refractivity contribution in [3.05, 3.63) is 71.5 Å². The fourth-order valence-electron chi connectivity index (χ4n) is 2.96. The molecule has 2 atom stereocenters. The van der Waals surface area contributed by atoms with Crippen molar-refractivity contribution < 1.29 is 13.9 Å². The van der Waals surface area contributed by atoms with Gasteiger partial charge in [-0.15, -0.1) is 0 Å². The molecule has 120 valence electrons. The van der Waals surface area contributed by atoms with Crippen molar-refractivity contribution in [2.75, 3.05) is 13.1 Å². The van der Waals surface area contributed by atoms with Gasteiger partial charge in [0.2, 0.25) is 0 Å². The molecule has 2 aromatic carbocycles. The van der Waals surface area contributed by atoms with Gasteiger partial charge in [0, 0.05) is 13.1 Å². The highest BCUT2D eigenvalue weighted by molar-refractivity contribution is 5.73. The maximum absolute atomic E-state index is 13.0. The van der Waals surface area contributed by atoms with Gasteiger partial charge in [-0.1, -0.05) is 42.5 Å². The molecule has 0 aliphatic carbocycles. The minimum Gasteiger partial charge on any atom is -0.461 e. The molecule has 1 aliphatic rings. The number of hydrogen-bond acceptors (Lipinski definition) is 3. The predicted octanol–water partition coefficient (Wildman–Crippen LogP) is 3.26. The number of nitrogens with one attached hydrogen (secondary N) is 1. The lowest BCUT2D eigenvalue weighted by Gasteiger charge is -2.29. The maximum atomic E-state index is 13.0. The first-order valence-electron chi connectivity index (χ1n) is 7.89. The molecule has 1 N–H and O–H groups in total. The Kier molecular flexibility index (Phi) is 5.03.